The lowest BCUT2D eigenvalue weighted by atomic mass is 9.87. The van der Waals surface area contributed by atoms with Crippen LogP contribution in [0.2, 0.25) is 5.02 Å². The van der Waals surface area contributed by atoms with E-state index in [1.165, 1.54) is 61.7 Å². The maximum atomic E-state index is 6.08. The van der Waals surface area contributed by atoms with Gasteiger partial charge >= 0.3 is 0 Å². The van der Waals surface area contributed by atoms with Crippen molar-refractivity contribution in [2.75, 3.05) is 32.7 Å². The van der Waals surface area contributed by atoms with Crippen LogP contribution in [0.4, 0.5) is 0 Å². The van der Waals surface area contributed by atoms with Gasteiger partial charge in [0, 0.05) is 24.0 Å². The van der Waals surface area contributed by atoms with E-state index >= 15 is 0 Å². The van der Waals surface area contributed by atoms with E-state index in [0.717, 1.165) is 10.5 Å². The largest absolute Gasteiger partial charge is 0.316 e. The zero-order chi connectivity index (χ0) is 15.9. The van der Waals surface area contributed by atoms with Gasteiger partial charge in [0.25, 0.3) is 0 Å². The summed E-state index contributed by atoms with van der Waals surface area (Å²) >= 11 is 7.93. The molecule has 1 aromatic heterocycles. The third-order valence-corrected chi connectivity index (χ3v) is 6.80. The Morgan fingerprint density at radius 3 is 2.88 bits per heavy atom. The number of nitrogens with one attached hydrogen (secondary N) is 1. The fourth-order valence-corrected chi connectivity index (χ4v) is 5.26. The highest BCUT2D eigenvalue weighted by Gasteiger charge is 2.32. The maximum Gasteiger partial charge on any atom is 0.0970 e. The normalized spacial score (nSPS) is 25.9. The Morgan fingerprint density at radius 1 is 1.38 bits per heavy atom. The maximum absolute atomic E-state index is 6.08. The summed E-state index contributed by atoms with van der Waals surface area (Å²) in [6, 6.07) is 6.05. The quantitative estimate of drug-likeness (QED) is 0.839. The number of halogens is 2. The van der Waals surface area contributed by atoms with E-state index < -0.39 is 0 Å². The van der Waals surface area contributed by atoms with Crippen molar-refractivity contribution in [2.24, 2.45) is 5.41 Å². The van der Waals surface area contributed by atoms with Crippen LogP contribution in [-0.2, 0) is 0 Å². The van der Waals surface area contributed by atoms with Gasteiger partial charge in [0.1, 0.15) is 0 Å². The van der Waals surface area contributed by atoms with Crippen LogP contribution in [0.3, 0.4) is 0 Å². The smallest absolute Gasteiger partial charge is 0.0970 e. The topological polar surface area (TPSA) is 28.2 Å². The van der Waals surface area contributed by atoms with E-state index in [0.29, 0.717) is 11.3 Å². The first kappa shape index (κ1) is 18.4. The molecule has 132 valence electrons. The van der Waals surface area contributed by atoms with E-state index in [1.54, 1.807) is 0 Å². The first-order valence-corrected chi connectivity index (χ1v) is 9.80. The zero-order valence-corrected chi connectivity index (χ0v) is 16.4. The van der Waals surface area contributed by atoms with Crippen LogP contribution in [0.1, 0.15) is 37.1 Å². The summed E-state index contributed by atoms with van der Waals surface area (Å²) in [5.74, 6) is 0.622. The predicted octanol–water partition coefficient (Wildman–Crippen LogP) is 4.55. The fourth-order valence-electron chi connectivity index (χ4n) is 3.97. The molecular formula is C18H25Cl2N3S. The summed E-state index contributed by atoms with van der Waals surface area (Å²) in [6.07, 6.45) is 3.78. The monoisotopic (exact) mass is 385 g/mol. The fraction of sp³-hybridized carbons (Fsp3) is 0.611. The van der Waals surface area contributed by atoms with Gasteiger partial charge in [-0.2, -0.15) is 0 Å². The second-order valence-electron chi connectivity index (χ2n) is 7.45. The molecular weight excluding hydrogens is 361 g/mol. The zero-order valence-electron chi connectivity index (χ0n) is 14.1. The molecule has 6 heteroatoms. The molecule has 24 heavy (non-hydrogen) atoms. The minimum atomic E-state index is 0. The molecule has 1 unspecified atom stereocenters. The predicted molar refractivity (Wildman–Crippen MR) is 106 cm³/mol. The molecule has 1 atom stereocenters. The third-order valence-electron chi connectivity index (χ3n) is 5.37. The van der Waals surface area contributed by atoms with Crippen LogP contribution in [0.15, 0.2) is 18.2 Å². The first-order valence-electron chi connectivity index (χ1n) is 8.60. The van der Waals surface area contributed by atoms with Crippen LogP contribution < -0.4 is 5.32 Å². The van der Waals surface area contributed by atoms with Gasteiger partial charge in [-0.3, -0.25) is 0 Å². The number of likely N-dealkylation sites (tertiary alicyclic amines) is 1. The van der Waals surface area contributed by atoms with Crippen molar-refractivity contribution >= 4 is 45.6 Å². The molecule has 1 N–H and O–H groups in total. The highest BCUT2D eigenvalue weighted by atomic mass is 35.5. The molecule has 0 bridgehead atoms. The van der Waals surface area contributed by atoms with Gasteiger partial charge in [-0.25, -0.2) is 4.98 Å². The lowest BCUT2D eigenvalue weighted by Gasteiger charge is -2.36. The Bertz CT molecular complexity index is 689. The summed E-state index contributed by atoms with van der Waals surface area (Å²) in [5, 5.41) is 5.59. The third kappa shape index (κ3) is 3.88. The molecule has 0 amide bonds. The van der Waals surface area contributed by atoms with Crippen molar-refractivity contribution in [1.29, 1.82) is 0 Å². The molecule has 2 aliphatic heterocycles. The highest BCUT2D eigenvalue weighted by Crippen LogP contribution is 2.36. The average Bonchev–Trinajstić information content (AvgIpc) is 3.14. The Hall–Kier alpha value is -0.390. The van der Waals surface area contributed by atoms with E-state index in [1.807, 2.05) is 23.5 Å². The SMILES string of the molecule is CC1(CN2CCC(c3nc4cc(Cl)ccc4s3)CC2)CCNC1.Cl. The number of piperidine rings is 1. The molecule has 0 spiro atoms. The Balaban J connectivity index is 0.00000169. The molecule has 1 aromatic carbocycles. The van der Waals surface area contributed by atoms with E-state index in [2.05, 4.69) is 23.2 Å². The second kappa shape index (κ2) is 7.46. The standard InChI is InChI=1S/C18H24ClN3S.ClH/c1-18(6-7-20-11-18)12-22-8-4-13(5-9-22)17-21-15-10-14(19)2-3-16(15)23-17;/h2-3,10,13,20H,4-9,11-12H2,1H3;1H. The van der Waals surface area contributed by atoms with Crippen molar-refractivity contribution in [3.05, 3.63) is 28.2 Å². The molecule has 4 rings (SSSR count). The van der Waals surface area contributed by atoms with Crippen LogP contribution >= 0.6 is 35.3 Å². The van der Waals surface area contributed by atoms with Crippen molar-refractivity contribution < 1.29 is 0 Å². The number of fused-ring (bicyclic) bond motifs is 1. The minimum Gasteiger partial charge on any atom is -0.316 e. The molecule has 2 aliphatic rings. The Morgan fingerprint density at radius 2 is 2.17 bits per heavy atom. The van der Waals surface area contributed by atoms with E-state index in [-0.39, 0.29) is 12.4 Å². The van der Waals surface area contributed by atoms with E-state index in [4.69, 9.17) is 16.6 Å². The number of rotatable bonds is 3. The summed E-state index contributed by atoms with van der Waals surface area (Å²) in [5.41, 5.74) is 1.53. The summed E-state index contributed by atoms with van der Waals surface area (Å²) in [4.78, 5) is 7.51. The minimum absolute atomic E-state index is 0. The summed E-state index contributed by atoms with van der Waals surface area (Å²) < 4.78 is 1.26. The van der Waals surface area contributed by atoms with Crippen LogP contribution in [-0.4, -0.2) is 42.6 Å². The number of hydrogen-bond acceptors (Lipinski definition) is 4. The number of benzene rings is 1. The number of aromatic nitrogens is 1. The molecule has 3 heterocycles. The summed E-state index contributed by atoms with van der Waals surface area (Å²) in [6.45, 7) is 8.43. The first-order chi connectivity index (χ1) is 11.1. The van der Waals surface area contributed by atoms with Gasteiger partial charge in [0.05, 0.1) is 15.2 Å². The van der Waals surface area contributed by atoms with Crippen LogP contribution in [0, 0.1) is 5.41 Å². The highest BCUT2D eigenvalue weighted by molar-refractivity contribution is 7.18. The van der Waals surface area contributed by atoms with Crippen LogP contribution in [0.5, 0.6) is 0 Å². The molecule has 3 nitrogen and oxygen atoms in total. The van der Waals surface area contributed by atoms with E-state index in [9.17, 15) is 0 Å². The number of thiazole rings is 1. The van der Waals surface area contributed by atoms with Gasteiger partial charge in [0.15, 0.2) is 0 Å². The van der Waals surface area contributed by atoms with Crippen LogP contribution in [0.25, 0.3) is 10.2 Å². The molecule has 0 saturated carbocycles. The Labute approximate surface area is 159 Å². The lowest BCUT2D eigenvalue weighted by molar-refractivity contribution is 0.144. The van der Waals surface area contributed by atoms with Gasteiger partial charge in [-0.1, -0.05) is 18.5 Å². The number of nitrogens with zero attached hydrogens (tertiary/aromatic N) is 2. The van der Waals surface area contributed by atoms with Gasteiger partial charge in [-0.05, 0) is 62.5 Å². The number of hydrogen-bond donors (Lipinski definition) is 1. The van der Waals surface area contributed by atoms with Crippen molar-refractivity contribution in [1.82, 2.24) is 15.2 Å². The van der Waals surface area contributed by atoms with Crippen molar-refractivity contribution in [2.45, 2.75) is 32.1 Å². The van der Waals surface area contributed by atoms with Gasteiger partial charge in [-0.15, -0.1) is 23.7 Å². The lowest BCUT2D eigenvalue weighted by Crippen LogP contribution is -2.41. The second-order valence-corrected chi connectivity index (χ2v) is 8.95. The summed E-state index contributed by atoms with van der Waals surface area (Å²) in [7, 11) is 0. The van der Waals surface area contributed by atoms with Crippen molar-refractivity contribution in [3.63, 3.8) is 0 Å². The van der Waals surface area contributed by atoms with Crippen molar-refractivity contribution in [3.8, 4) is 0 Å². The van der Waals surface area contributed by atoms with Gasteiger partial charge < -0.3 is 10.2 Å². The van der Waals surface area contributed by atoms with Gasteiger partial charge in [0.2, 0.25) is 0 Å². The average molecular weight is 386 g/mol. The molecule has 0 aliphatic carbocycles. The molecule has 2 aromatic rings. The molecule has 2 saturated heterocycles. The molecule has 0 radical (unpaired) electrons. The Kier molecular flexibility index (Phi) is 5.72. The molecule has 2 fully saturated rings.